The minimum absolute atomic E-state index is 0.0158. The third-order valence-corrected chi connectivity index (χ3v) is 2.82. The quantitative estimate of drug-likeness (QED) is 0.817. The van der Waals surface area contributed by atoms with Crippen molar-refractivity contribution >= 4 is 5.91 Å². The minimum atomic E-state index is -0.0158. The number of aromatic nitrogens is 2. The number of rotatable bonds is 5. The smallest absolute Gasteiger partial charge is 0.251 e. The molecule has 0 unspecified atom stereocenters. The van der Waals surface area contributed by atoms with Crippen LogP contribution in [0.5, 0.6) is 0 Å². The van der Waals surface area contributed by atoms with Crippen molar-refractivity contribution < 1.29 is 4.79 Å². The Morgan fingerprint density at radius 2 is 2.11 bits per heavy atom. The molecule has 0 bridgehead atoms. The van der Waals surface area contributed by atoms with E-state index in [1.165, 1.54) is 0 Å². The van der Waals surface area contributed by atoms with Gasteiger partial charge in [-0.15, -0.1) is 0 Å². The monoisotopic (exact) mass is 243 g/mol. The molecule has 0 aliphatic carbocycles. The van der Waals surface area contributed by atoms with Gasteiger partial charge in [0.2, 0.25) is 0 Å². The summed E-state index contributed by atoms with van der Waals surface area (Å²) in [5.41, 5.74) is 0.705. The zero-order valence-corrected chi connectivity index (χ0v) is 10.5. The van der Waals surface area contributed by atoms with Gasteiger partial charge in [-0.25, -0.2) is 4.98 Å². The Hall–Kier alpha value is -2.10. The van der Waals surface area contributed by atoms with E-state index in [1.807, 2.05) is 43.5 Å². The molecule has 1 amide bonds. The lowest BCUT2D eigenvalue weighted by Crippen LogP contribution is -2.25. The zero-order chi connectivity index (χ0) is 12.8. The first kappa shape index (κ1) is 12.4. The topological polar surface area (TPSA) is 46.9 Å². The molecule has 0 spiro atoms. The second-order valence-corrected chi connectivity index (χ2v) is 4.14. The minimum Gasteiger partial charge on any atom is -0.352 e. The van der Waals surface area contributed by atoms with E-state index in [0.29, 0.717) is 12.1 Å². The SMILES string of the molecule is Cc1nccn1CCCNC(=O)c1ccccc1. The van der Waals surface area contributed by atoms with Gasteiger partial charge in [-0.2, -0.15) is 0 Å². The number of carbonyl (C=O) groups is 1. The van der Waals surface area contributed by atoms with Crippen LogP contribution < -0.4 is 5.32 Å². The van der Waals surface area contributed by atoms with Gasteiger partial charge in [-0.1, -0.05) is 18.2 Å². The predicted octanol–water partition coefficient (Wildman–Crippen LogP) is 2.01. The molecule has 1 aromatic carbocycles. The number of hydrogen-bond acceptors (Lipinski definition) is 2. The molecular formula is C14H17N3O. The molecule has 0 saturated heterocycles. The second kappa shape index (κ2) is 6.00. The fourth-order valence-electron chi connectivity index (χ4n) is 1.78. The molecule has 0 aliphatic heterocycles. The summed E-state index contributed by atoms with van der Waals surface area (Å²) >= 11 is 0. The fraction of sp³-hybridized carbons (Fsp3) is 0.286. The molecule has 1 heterocycles. The summed E-state index contributed by atoms with van der Waals surface area (Å²) < 4.78 is 2.08. The van der Waals surface area contributed by atoms with Gasteiger partial charge < -0.3 is 9.88 Å². The lowest BCUT2D eigenvalue weighted by atomic mass is 10.2. The molecule has 18 heavy (non-hydrogen) atoms. The molecule has 2 rings (SSSR count). The number of aryl methyl sites for hydroxylation is 2. The van der Waals surface area contributed by atoms with Crippen LogP contribution >= 0.6 is 0 Å². The van der Waals surface area contributed by atoms with Crippen LogP contribution in [0.25, 0.3) is 0 Å². The van der Waals surface area contributed by atoms with E-state index in [1.54, 1.807) is 6.20 Å². The van der Waals surface area contributed by atoms with Crippen LogP contribution in [0.3, 0.4) is 0 Å². The van der Waals surface area contributed by atoms with Crippen molar-refractivity contribution in [2.24, 2.45) is 0 Å². The molecule has 0 aliphatic rings. The van der Waals surface area contributed by atoms with E-state index >= 15 is 0 Å². The van der Waals surface area contributed by atoms with E-state index in [-0.39, 0.29) is 5.91 Å². The summed E-state index contributed by atoms with van der Waals surface area (Å²) in [6.45, 7) is 3.52. The normalized spacial score (nSPS) is 10.3. The van der Waals surface area contributed by atoms with E-state index in [0.717, 1.165) is 18.8 Å². The van der Waals surface area contributed by atoms with Crippen molar-refractivity contribution in [3.8, 4) is 0 Å². The molecule has 1 aromatic heterocycles. The summed E-state index contributed by atoms with van der Waals surface area (Å²) in [7, 11) is 0. The van der Waals surface area contributed by atoms with Crippen molar-refractivity contribution in [1.82, 2.24) is 14.9 Å². The van der Waals surface area contributed by atoms with Gasteiger partial charge >= 0.3 is 0 Å². The Bertz CT molecular complexity index is 505. The maximum atomic E-state index is 11.7. The maximum Gasteiger partial charge on any atom is 0.251 e. The van der Waals surface area contributed by atoms with E-state index in [4.69, 9.17) is 0 Å². The number of hydrogen-bond donors (Lipinski definition) is 1. The Labute approximate surface area is 107 Å². The lowest BCUT2D eigenvalue weighted by Gasteiger charge is -2.07. The van der Waals surface area contributed by atoms with Crippen LogP contribution in [-0.4, -0.2) is 22.0 Å². The summed E-state index contributed by atoms with van der Waals surface area (Å²) in [5.74, 6) is 0.988. The van der Waals surface area contributed by atoms with Gasteiger partial charge in [0, 0.05) is 31.0 Å². The number of nitrogens with zero attached hydrogens (tertiary/aromatic N) is 2. The largest absolute Gasteiger partial charge is 0.352 e. The third kappa shape index (κ3) is 3.20. The van der Waals surface area contributed by atoms with Gasteiger partial charge in [0.1, 0.15) is 5.82 Å². The van der Waals surface area contributed by atoms with Crippen molar-refractivity contribution in [3.05, 3.63) is 54.1 Å². The van der Waals surface area contributed by atoms with Gasteiger partial charge in [0.25, 0.3) is 5.91 Å². The lowest BCUT2D eigenvalue weighted by molar-refractivity contribution is 0.0952. The zero-order valence-electron chi connectivity index (χ0n) is 10.5. The number of benzene rings is 1. The summed E-state index contributed by atoms with van der Waals surface area (Å²) in [5, 5.41) is 2.91. The van der Waals surface area contributed by atoms with Crippen LogP contribution in [0.4, 0.5) is 0 Å². The molecule has 0 fully saturated rings. The highest BCUT2D eigenvalue weighted by atomic mass is 16.1. The third-order valence-electron chi connectivity index (χ3n) is 2.82. The van der Waals surface area contributed by atoms with Crippen molar-refractivity contribution in [2.45, 2.75) is 19.9 Å². The van der Waals surface area contributed by atoms with E-state index < -0.39 is 0 Å². The Balaban J connectivity index is 1.73. The van der Waals surface area contributed by atoms with Crippen molar-refractivity contribution in [2.75, 3.05) is 6.54 Å². The molecule has 0 saturated carbocycles. The first-order chi connectivity index (χ1) is 8.77. The van der Waals surface area contributed by atoms with Crippen LogP contribution in [0.2, 0.25) is 0 Å². The van der Waals surface area contributed by atoms with Gasteiger partial charge in [0.05, 0.1) is 0 Å². The predicted molar refractivity (Wildman–Crippen MR) is 70.4 cm³/mol. The average molecular weight is 243 g/mol. The van der Waals surface area contributed by atoms with Crippen molar-refractivity contribution in [3.63, 3.8) is 0 Å². The standard InChI is InChI=1S/C14H17N3O/c1-12-15-9-11-17(12)10-5-8-16-14(18)13-6-3-2-4-7-13/h2-4,6-7,9,11H,5,8,10H2,1H3,(H,16,18). The van der Waals surface area contributed by atoms with E-state index in [2.05, 4.69) is 14.9 Å². The molecule has 94 valence electrons. The van der Waals surface area contributed by atoms with Crippen LogP contribution in [0.15, 0.2) is 42.7 Å². The van der Waals surface area contributed by atoms with Crippen molar-refractivity contribution in [1.29, 1.82) is 0 Å². The molecule has 1 N–H and O–H groups in total. The highest BCUT2D eigenvalue weighted by Gasteiger charge is 2.03. The first-order valence-corrected chi connectivity index (χ1v) is 6.08. The van der Waals surface area contributed by atoms with Crippen LogP contribution in [0.1, 0.15) is 22.6 Å². The Kier molecular flexibility index (Phi) is 4.12. The molecule has 2 aromatic rings. The van der Waals surface area contributed by atoms with Crippen LogP contribution in [-0.2, 0) is 6.54 Å². The maximum absolute atomic E-state index is 11.7. The Morgan fingerprint density at radius 1 is 1.33 bits per heavy atom. The summed E-state index contributed by atoms with van der Waals surface area (Å²) in [6.07, 6.45) is 4.64. The average Bonchev–Trinajstić information content (AvgIpc) is 2.81. The fourth-order valence-corrected chi connectivity index (χ4v) is 1.78. The molecule has 0 radical (unpaired) electrons. The highest BCUT2D eigenvalue weighted by molar-refractivity contribution is 5.94. The highest BCUT2D eigenvalue weighted by Crippen LogP contribution is 1.99. The van der Waals surface area contributed by atoms with Gasteiger partial charge in [-0.3, -0.25) is 4.79 Å². The van der Waals surface area contributed by atoms with E-state index in [9.17, 15) is 4.79 Å². The second-order valence-electron chi connectivity index (χ2n) is 4.14. The first-order valence-electron chi connectivity index (χ1n) is 6.08. The summed E-state index contributed by atoms with van der Waals surface area (Å²) in [6, 6.07) is 9.26. The number of nitrogens with one attached hydrogen (secondary N) is 1. The number of imidazole rings is 1. The molecular weight excluding hydrogens is 226 g/mol. The number of carbonyl (C=O) groups excluding carboxylic acids is 1. The Morgan fingerprint density at radius 3 is 2.78 bits per heavy atom. The van der Waals surface area contributed by atoms with Gasteiger partial charge in [0.15, 0.2) is 0 Å². The molecule has 0 atom stereocenters. The summed E-state index contributed by atoms with van der Waals surface area (Å²) in [4.78, 5) is 15.9. The molecule has 4 nitrogen and oxygen atoms in total. The van der Waals surface area contributed by atoms with Gasteiger partial charge in [-0.05, 0) is 25.5 Å². The molecule has 4 heteroatoms. The number of amides is 1. The van der Waals surface area contributed by atoms with Crippen LogP contribution in [0, 0.1) is 6.92 Å².